The highest BCUT2D eigenvalue weighted by molar-refractivity contribution is 5.89. The maximum Gasteiger partial charge on any atom is 0.319 e. The number of fused-ring (bicyclic) bond motifs is 1. The van der Waals surface area contributed by atoms with Gasteiger partial charge in [0.05, 0.1) is 6.61 Å². The summed E-state index contributed by atoms with van der Waals surface area (Å²) in [6, 6.07) is 5.44. The van der Waals surface area contributed by atoms with E-state index >= 15 is 0 Å². The maximum atomic E-state index is 12.0. The molecule has 0 saturated carbocycles. The number of ether oxygens (including phenoxy) is 1. The Morgan fingerprint density at radius 1 is 1.43 bits per heavy atom. The van der Waals surface area contributed by atoms with Crippen molar-refractivity contribution in [1.29, 1.82) is 0 Å². The molecule has 5 heteroatoms. The second-order valence-electron chi connectivity index (χ2n) is 5.74. The number of rotatable bonds is 5. The van der Waals surface area contributed by atoms with Crippen LogP contribution in [0.5, 0.6) is 5.75 Å². The van der Waals surface area contributed by atoms with E-state index in [1.807, 2.05) is 32.0 Å². The Morgan fingerprint density at radius 2 is 2.24 bits per heavy atom. The summed E-state index contributed by atoms with van der Waals surface area (Å²) in [6.07, 6.45) is 2.54. The van der Waals surface area contributed by atoms with E-state index in [-0.39, 0.29) is 24.6 Å². The molecule has 0 unspecified atom stereocenters. The Balaban J connectivity index is 1.96. The average Bonchev–Trinajstić information content (AvgIpc) is 2.46. The van der Waals surface area contributed by atoms with Gasteiger partial charge in [0.1, 0.15) is 5.75 Å². The van der Waals surface area contributed by atoms with Crippen LogP contribution in [-0.4, -0.2) is 30.4 Å². The number of anilines is 1. The molecule has 0 bridgehead atoms. The number of aliphatic hydroxyl groups is 1. The molecule has 1 atom stereocenters. The predicted octanol–water partition coefficient (Wildman–Crippen LogP) is 2.54. The number of aryl methyl sites for hydroxylation is 1. The van der Waals surface area contributed by atoms with E-state index in [0.29, 0.717) is 6.42 Å². The molecule has 1 aliphatic rings. The van der Waals surface area contributed by atoms with Crippen LogP contribution in [0.2, 0.25) is 0 Å². The van der Waals surface area contributed by atoms with Crippen LogP contribution >= 0.6 is 0 Å². The van der Waals surface area contributed by atoms with Crippen molar-refractivity contribution in [1.82, 2.24) is 5.32 Å². The second kappa shape index (κ2) is 7.31. The Labute approximate surface area is 125 Å². The lowest BCUT2D eigenvalue weighted by Gasteiger charge is -2.22. The van der Waals surface area contributed by atoms with Gasteiger partial charge in [-0.2, -0.15) is 0 Å². The lowest BCUT2D eigenvalue weighted by Crippen LogP contribution is -2.41. The maximum absolute atomic E-state index is 12.0. The van der Waals surface area contributed by atoms with Gasteiger partial charge in [-0.3, -0.25) is 0 Å². The molecule has 1 heterocycles. The molecule has 116 valence electrons. The van der Waals surface area contributed by atoms with E-state index in [1.54, 1.807) is 0 Å². The minimum atomic E-state index is -0.237. The molecule has 1 aliphatic heterocycles. The van der Waals surface area contributed by atoms with Crippen molar-refractivity contribution in [3.8, 4) is 5.75 Å². The second-order valence-corrected chi connectivity index (χ2v) is 5.74. The number of hydrogen-bond donors (Lipinski definition) is 3. The third-order valence-corrected chi connectivity index (χ3v) is 3.73. The first-order valence-electron chi connectivity index (χ1n) is 7.54. The molecule has 2 rings (SSSR count). The Hall–Kier alpha value is -1.75. The first-order chi connectivity index (χ1) is 10.1. The van der Waals surface area contributed by atoms with Gasteiger partial charge in [-0.05, 0) is 48.9 Å². The van der Waals surface area contributed by atoms with Crippen molar-refractivity contribution < 1.29 is 14.6 Å². The molecule has 3 N–H and O–H groups in total. The number of aliphatic hydroxyl groups excluding tert-OH is 1. The van der Waals surface area contributed by atoms with Gasteiger partial charge < -0.3 is 20.5 Å². The summed E-state index contributed by atoms with van der Waals surface area (Å²) in [4.78, 5) is 12.0. The number of amides is 2. The van der Waals surface area contributed by atoms with Gasteiger partial charge in [0.2, 0.25) is 0 Å². The SMILES string of the molecule is CC(C)[C@@H](CCO)NC(=O)Nc1ccc2c(c1)CCCO2. The summed E-state index contributed by atoms with van der Waals surface area (Å²) in [5.74, 6) is 1.19. The van der Waals surface area contributed by atoms with Crippen molar-refractivity contribution >= 4 is 11.7 Å². The number of urea groups is 1. The molecule has 21 heavy (non-hydrogen) atoms. The van der Waals surface area contributed by atoms with E-state index in [1.165, 1.54) is 0 Å². The highest BCUT2D eigenvalue weighted by atomic mass is 16.5. The molecule has 1 aromatic carbocycles. The highest BCUT2D eigenvalue weighted by Gasteiger charge is 2.16. The standard InChI is InChI=1S/C16H24N2O3/c1-11(2)14(7-8-19)18-16(20)17-13-5-6-15-12(10-13)4-3-9-21-15/h5-6,10-11,14,19H,3-4,7-9H2,1-2H3,(H2,17,18,20)/t14-/m1/s1. The van der Waals surface area contributed by atoms with Crippen LogP contribution in [0.4, 0.5) is 10.5 Å². The fourth-order valence-electron chi connectivity index (χ4n) is 2.48. The molecule has 1 aromatic rings. The third kappa shape index (κ3) is 4.36. The number of carbonyl (C=O) groups is 1. The van der Waals surface area contributed by atoms with Crippen LogP contribution in [-0.2, 0) is 6.42 Å². The molecule has 0 radical (unpaired) electrons. The zero-order valence-corrected chi connectivity index (χ0v) is 12.7. The number of carbonyl (C=O) groups excluding carboxylic acids is 1. The Bertz CT molecular complexity index is 488. The lowest BCUT2D eigenvalue weighted by atomic mass is 10.0. The smallest absolute Gasteiger partial charge is 0.319 e. The quantitative estimate of drug-likeness (QED) is 0.781. The molecule has 0 saturated heterocycles. The molecule has 5 nitrogen and oxygen atoms in total. The molecule has 0 aliphatic carbocycles. The molecule has 0 aromatic heterocycles. The van der Waals surface area contributed by atoms with E-state index in [4.69, 9.17) is 9.84 Å². The summed E-state index contributed by atoms with van der Waals surface area (Å²) in [5.41, 5.74) is 1.90. The normalized spacial score (nSPS) is 15.0. The van der Waals surface area contributed by atoms with Gasteiger partial charge in [0.25, 0.3) is 0 Å². The molecular formula is C16H24N2O3. The van der Waals surface area contributed by atoms with Crippen molar-refractivity contribution in [2.45, 2.75) is 39.2 Å². The van der Waals surface area contributed by atoms with E-state index in [2.05, 4.69) is 10.6 Å². The van der Waals surface area contributed by atoms with E-state index < -0.39 is 0 Å². The predicted molar refractivity (Wildman–Crippen MR) is 82.7 cm³/mol. The number of benzene rings is 1. The first-order valence-corrected chi connectivity index (χ1v) is 7.54. The molecule has 0 spiro atoms. The summed E-state index contributed by atoms with van der Waals surface area (Å²) in [7, 11) is 0. The summed E-state index contributed by atoms with van der Waals surface area (Å²) in [5, 5.41) is 14.8. The van der Waals surface area contributed by atoms with Crippen molar-refractivity contribution in [2.24, 2.45) is 5.92 Å². The average molecular weight is 292 g/mol. The van der Waals surface area contributed by atoms with Crippen molar-refractivity contribution in [2.75, 3.05) is 18.5 Å². The summed E-state index contributed by atoms with van der Waals surface area (Å²) < 4.78 is 5.56. The van der Waals surface area contributed by atoms with Gasteiger partial charge in [-0.25, -0.2) is 4.79 Å². The van der Waals surface area contributed by atoms with Gasteiger partial charge in [0.15, 0.2) is 0 Å². The van der Waals surface area contributed by atoms with Crippen LogP contribution in [0.15, 0.2) is 18.2 Å². The van der Waals surface area contributed by atoms with Crippen LogP contribution < -0.4 is 15.4 Å². The largest absolute Gasteiger partial charge is 0.493 e. The van der Waals surface area contributed by atoms with Crippen LogP contribution in [0.25, 0.3) is 0 Å². The summed E-state index contributed by atoms with van der Waals surface area (Å²) in [6.45, 7) is 4.88. The molecular weight excluding hydrogens is 268 g/mol. The lowest BCUT2D eigenvalue weighted by molar-refractivity contribution is 0.227. The van der Waals surface area contributed by atoms with Crippen molar-refractivity contribution in [3.05, 3.63) is 23.8 Å². The molecule has 2 amide bonds. The van der Waals surface area contributed by atoms with Crippen molar-refractivity contribution in [3.63, 3.8) is 0 Å². The first kappa shape index (κ1) is 15.6. The zero-order valence-electron chi connectivity index (χ0n) is 12.7. The van der Waals surface area contributed by atoms with Crippen LogP contribution in [0.1, 0.15) is 32.3 Å². The third-order valence-electron chi connectivity index (χ3n) is 3.73. The minimum absolute atomic E-state index is 0.0315. The van der Waals surface area contributed by atoms with Gasteiger partial charge in [-0.1, -0.05) is 13.8 Å². The van der Waals surface area contributed by atoms with Gasteiger partial charge >= 0.3 is 6.03 Å². The Morgan fingerprint density at radius 3 is 2.95 bits per heavy atom. The zero-order chi connectivity index (χ0) is 15.2. The van der Waals surface area contributed by atoms with E-state index in [0.717, 1.165) is 36.4 Å². The number of nitrogens with one attached hydrogen (secondary N) is 2. The van der Waals surface area contributed by atoms with Crippen LogP contribution in [0, 0.1) is 5.92 Å². The van der Waals surface area contributed by atoms with Crippen LogP contribution in [0.3, 0.4) is 0 Å². The summed E-state index contributed by atoms with van der Waals surface area (Å²) >= 11 is 0. The topological polar surface area (TPSA) is 70.6 Å². The number of hydrogen-bond acceptors (Lipinski definition) is 3. The van der Waals surface area contributed by atoms with E-state index in [9.17, 15) is 4.79 Å². The van der Waals surface area contributed by atoms with Gasteiger partial charge in [-0.15, -0.1) is 0 Å². The minimum Gasteiger partial charge on any atom is -0.493 e. The Kier molecular flexibility index (Phi) is 5.44. The fraction of sp³-hybridized carbons (Fsp3) is 0.562. The van der Waals surface area contributed by atoms with Gasteiger partial charge in [0, 0.05) is 18.3 Å². The fourth-order valence-corrected chi connectivity index (χ4v) is 2.48. The monoisotopic (exact) mass is 292 g/mol. The highest BCUT2D eigenvalue weighted by Crippen LogP contribution is 2.27. The molecule has 0 fully saturated rings.